The quantitative estimate of drug-likeness (QED) is 0.297. The van der Waals surface area contributed by atoms with Crippen LogP contribution in [0.2, 0.25) is 0 Å². The standard InChI is InChI=1S/C24H23N5O5S/c1-2-34-22(31)19-17(26-23(32)28-20(19)18-8-5-9-35-18)12-29-21(30)16(27-24(29)33)10-13-11-25-15-7-4-3-6-14(13)15/h3-9,11,16,20,25H,2,10,12H2,1H3,(H,27,33)(H2,26,28,32)/t16-,20+/m1/s1. The lowest BCUT2D eigenvalue weighted by molar-refractivity contribution is -0.139. The number of fused-ring (bicyclic) bond motifs is 1. The van der Waals surface area contributed by atoms with E-state index in [-0.39, 0.29) is 24.4 Å². The van der Waals surface area contributed by atoms with Gasteiger partial charge in [0.1, 0.15) is 6.04 Å². The van der Waals surface area contributed by atoms with E-state index in [1.165, 1.54) is 11.3 Å². The maximum absolute atomic E-state index is 13.2. The second-order valence-electron chi connectivity index (χ2n) is 8.15. The van der Waals surface area contributed by atoms with Gasteiger partial charge in [0, 0.05) is 28.4 Å². The summed E-state index contributed by atoms with van der Waals surface area (Å²) in [5.41, 5.74) is 2.16. The van der Waals surface area contributed by atoms with Crippen molar-refractivity contribution in [1.82, 2.24) is 25.8 Å². The van der Waals surface area contributed by atoms with Crippen LogP contribution in [0.5, 0.6) is 0 Å². The van der Waals surface area contributed by atoms with Crippen molar-refractivity contribution in [2.45, 2.75) is 25.4 Å². The van der Waals surface area contributed by atoms with Gasteiger partial charge in [0.2, 0.25) is 0 Å². The molecule has 4 N–H and O–H groups in total. The van der Waals surface area contributed by atoms with Gasteiger partial charge in [-0.2, -0.15) is 0 Å². The number of thiophene rings is 1. The zero-order chi connectivity index (χ0) is 24.5. The second-order valence-corrected chi connectivity index (χ2v) is 9.13. The van der Waals surface area contributed by atoms with Gasteiger partial charge in [0.05, 0.1) is 30.5 Å². The van der Waals surface area contributed by atoms with Gasteiger partial charge in [-0.05, 0) is 30.0 Å². The molecule has 1 fully saturated rings. The van der Waals surface area contributed by atoms with E-state index >= 15 is 0 Å². The number of aromatic amines is 1. The van der Waals surface area contributed by atoms with Crippen molar-refractivity contribution in [3.63, 3.8) is 0 Å². The van der Waals surface area contributed by atoms with Crippen molar-refractivity contribution >= 4 is 46.2 Å². The Bertz CT molecular complexity index is 1350. The number of nitrogens with one attached hydrogen (secondary N) is 4. The number of urea groups is 2. The van der Waals surface area contributed by atoms with Gasteiger partial charge in [-0.1, -0.05) is 24.3 Å². The molecule has 4 heterocycles. The molecule has 0 unspecified atom stereocenters. The summed E-state index contributed by atoms with van der Waals surface area (Å²) in [5, 5.41) is 10.9. The monoisotopic (exact) mass is 493 g/mol. The number of amides is 5. The van der Waals surface area contributed by atoms with E-state index in [2.05, 4.69) is 20.9 Å². The number of ether oxygens (including phenoxy) is 1. The highest BCUT2D eigenvalue weighted by Gasteiger charge is 2.41. The first kappa shape index (κ1) is 22.7. The predicted octanol–water partition coefficient (Wildman–Crippen LogP) is 2.56. The zero-order valence-corrected chi connectivity index (χ0v) is 19.6. The average molecular weight is 494 g/mol. The first-order valence-electron chi connectivity index (χ1n) is 11.1. The van der Waals surface area contributed by atoms with E-state index in [0.29, 0.717) is 6.42 Å². The predicted molar refractivity (Wildman–Crippen MR) is 128 cm³/mol. The first-order valence-corrected chi connectivity index (χ1v) is 12.0. The lowest BCUT2D eigenvalue weighted by Gasteiger charge is -2.29. The highest BCUT2D eigenvalue weighted by Crippen LogP contribution is 2.31. The molecule has 10 nitrogen and oxygen atoms in total. The van der Waals surface area contributed by atoms with Gasteiger partial charge in [-0.25, -0.2) is 14.4 Å². The molecule has 0 aliphatic carbocycles. The fraction of sp³-hybridized carbons (Fsp3) is 0.250. The molecule has 2 aliphatic heterocycles. The van der Waals surface area contributed by atoms with E-state index < -0.39 is 36.0 Å². The molecule has 0 bridgehead atoms. The van der Waals surface area contributed by atoms with Crippen molar-refractivity contribution in [1.29, 1.82) is 0 Å². The van der Waals surface area contributed by atoms with Crippen LogP contribution in [-0.4, -0.2) is 53.0 Å². The van der Waals surface area contributed by atoms with Gasteiger partial charge >= 0.3 is 18.0 Å². The maximum atomic E-state index is 13.2. The number of imide groups is 1. The highest BCUT2D eigenvalue weighted by molar-refractivity contribution is 7.10. The van der Waals surface area contributed by atoms with Crippen LogP contribution in [0, 0.1) is 0 Å². The van der Waals surface area contributed by atoms with Crippen molar-refractivity contribution in [3.05, 3.63) is 69.7 Å². The minimum atomic E-state index is -0.765. The van der Waals surface area contributed by atoms with Crippen molar-refractivity contribution in [2.24, 2.45) is 0 Å². The third kappa shape index (κ3) is 4.26. The summed E-state index contributed by atoms with van der Waals surface area (Å²) in [5.74, 6) is -1.06. The van der Waals surface area contributed by atoms with E-state index in [1.807, 2.05) is 41.9 Å². The molecular weight excluding hydrogens is 470 g/mol. The maximum Gasteiger partial charge on any atom is 0.338 e. The molecule has 180 valence electrons. The third-order valence-electron chi connectivity index (χ3n) is 6.00. The molecule has 5 amide bonds. The van der Waals surface area contributed by atoms with Crippen LogP contribution < -0.4 is 16.0 Å². The van der Waals surface area contributed by atoms with Crippen molar-refractivity contribution < 1.29 is 23.9 Å². The number of esters is 1. The largest absolute Gasteiger partial charge is 0.463 e. The lowest BCUT2D eigenvalue weighted by Crippen LogP contribution is -2.49. The van der Waals surface area contributed by atoms with E-state index in [4.69, 9.17) is 4.74 Å². The first-order chi connectivity index (χ1) is 17.0. The summed E-state index contributed by atoms with van der Waals surface area (Å²) in [6.45, 7) is 1.55. The SMILES string of the molecule is CCOC(=O)C1=C(CN2C(=O)N[C@H](Cc3c[nH]c4ccccc34)C2=O)NC(=O)N[C@H]1c1cccs1. The summed E-state index contributed by atoms with van der Waals surface area (Å²) >= 11 is 1.37. The number of hydrogen-bond acceptors (Lipinski definition) is 6. The molecular formula is C24H23N5O5S. The fourth-order valence-corrected chi connectivity index (χ4v) is 5.19. The van der Waals surface area contributed by atoms with E-state index in [0.717, 1.165) is 26.2 Å². The number of carbonyl (C=O) groups excluding carboxylic acids is 4. The average Bonchev–Trinajstić information content (AvgIpc) is 3.57. The number of aromatic nitrogens is 1. The summed E-state index contributed by atoms with van der Waals surface area (Å²) in [6.07, 6.45) is 2.13. The second kappa shape index (κ2) is 9.26. The zero-order valence-electron chi connectivity index (χ0n) is 18.8. The minimum Gasteiger partial charge on any atom is -0.463 e. The molecule has 5 rings (SSSR count). The van der Waals surface area contributed by atoms with Gasteiger partial charge in [0.25, 0.3) is 5.91 Å². The molecule has 2 aromatic heterocycles. The Balaban J connectivity index is 1.43. The Morgan fingerprint density at radius 1 is 1.11 bits per heavy atom. The molecule has 0 radical (unpaired) electrons. The van der Waals surface area contributed by atoms with Crippen LogP contribution in [0.4, 0.5) is 9.59 Å². The minimum absolute atomic E-state index is 0.135. The molecule has 1 saturated heterocycles. The Hall–Kier alpha value is -4.12. The van der Waals surface area contributed by atoms with E-state index in [9.17, 15) is 19.2 Å². The number of rotatable bonds is 7. The topological polar surface area (TPSA) is 133 Å². The van der Waals surface area contributed by atoms with Crippen LogP contribution in [0.1, 0.15) is 23.4 Å². The number of H-pyrrole nitrogens is 1. The van der Waals surface area contributed by atoms with Crippen LogP contribution >= 0.6 is 11.3 Å². The molecule has 2 atom stereocenters. The normalized spacial score (nSPS) is 20.1. The highest BCUT2D eigenvalue weighted by atomic mass is 32.1. The lowest BCUT2D eigenvalue weighted by atomic mass is 10.0. The fourth-order valence-electron chi connectivity index (χ4n) is 4.40. The Morgan fingerprint density at radius 3 is 2.71 bits per heavy atom. The molecule has 11 heteroatoms. The third-order valence-corrected chi connectivity index (χ3v) is 6.94. The number of hydrogen-bond donors (Lipinski definition) is 4. The van der Waals surface area contributed by atoms with Crippen LogP contribution in [-0.2, 0) is 20.7 Å². The number of para-hydroxylation sites is 1. The van der Waals surface area contributed by atoms with Crippen molar-refractivity contribution in [3.8, 4) is 0 Å². The molecule has 3 aromatic rings. The smallest absolute Gasteiger partial charge is 0.338 e. The number of nitrogens with zero attached hydrogens (tertiary/aromatic N) is 1. The van der Waals surface area contributed by atoms with Crippen LogP contribution in [0.25, 0.3) is 10.9 Å². The van der Waals surface area contributed by atoms with Crippen LogP contribution in [0.3, 0.4) is 0 Å². The molecule has 2 aliphatic rings. The molecule has 1 aromatic carbocycles. The molecule has 35 heavy (non-hydrogen) atoms. The molecule has 0 saturated carbocycles. The molecule has 0 spiro atoms. The summed E-state index contributed by atoms with van der Waals surface area (Å²) < 4.78 is 5.23. The van der Waals surface area contributed by atoms with Gasteiger partial charge in [-0.3, -0.25) is 9.69 Å². The summed E-state index contributed by atoms with van der Waals surface area (Å²) in [6, 6.07) is 8.68. The Kier molecular flexibility index (Phi) is 6.00. The van der Waals surface area contributed by atoms with E-state index in [1.54, 1.807) is 13.0 Å². The summed E-state index contributed by atoms with van der Waals surface area (Å²) in [7, 11) is 0. The number of carbonyl (C=O) groups is 4. The summed E-state index contributed by atoms with van der Waals surface area (Å²) in [4.78, 5) is 56.2. The van der Waals surface area contributed by atoms with Crippen molar-refractivity contribution in [2.75, 3.05) is 13.2 Å². The number of benzene rings is 1. The van der Waals surface area contributed by atoms with Gasteiger partial charge in [-0.15, -0.1) is 11.3 Å². The van der Waals surface area contributed by atoms with Gasteiger partial charge < -0.3 is 25.7 Å². The van der Waals surface area contributed by atoms with Crippen LogP contribution in [0.15, 0.2) is 59.2 Å². The Labute approximate surface area is 204 Å². The Morgan fingerprint density at radius 2 is 1.94 bits per heavy atom. The van der Waals surface area contributed by atoms with Gasteiger partial charge in [0.15, 0.2) is 0 Å².